The molecule has 0 atom stereocenters. The van der Waals surface area contributed by atoms with E-state index >= 15 is 0 Å². The maximum absolute atomic E-state index is 10.7. The molecule has 2 N–H and O–H groups in total. The van der Waals surface area contributed by atoms with Crippen molar-refractivity contribution in [1.29, 1.82) is 0 Å². The molecule has 0 aromatic rings. The van der Waals surface area contributed by atoms with Crippen LogP contribution < -0.4 is 10.6 Å². The molecular formula is C8H14N2O. The number of hydrogen-bond acceptors (Lipinski definition) is 2. The van der Waals surface area contributed by atoms with Crippen LogP contribution in [-0.4, -0.2) is 25.5 Å². The van der Waals surface area contributed by atoms with Crippen molar-refractivity contribution in [3.8, 4) is 12.3 Å². The molecule has 0 aliphatic heterocycles. The van der Waals surface area contributed by atoms with Gasteiger partial charge in [0.15, 0.2) is 0 Å². The van der Waals surface area contributed by atoms with Crippen LogP contribution in [0.25, 0.3) is 0 Å². The first-order valence-corrected chi connectivity index (χ1v) is 3.72. The van der Waals surface area contributed by atoms with E-state index < -0.39 is 0 Å². The lowest BCUT2D eigenvalue weighted by Crippen LogP contribution is -2.31. The monoisotopic (exact) mass is 154 g/mol. The van der Waals surface area contributed by atoms with Gasteiger partial charge < -0.3 is 10.6 Å². The summed E-state index contributed by atoms with van der Waals surface area (Å²) in [6, 6.07) is 0. The van der Waals surface area contributed by atoms with E-state index in [0.29, 0.717) is 6.54 Å². The van der Waals surface area contributed by atoms with Crippen LogP contribution in [0.4, 0.5) is 0 Å². The van der Waals surface area contributed by atoms with Crippen LogP contribution in [0, 0.1) is 12.3 Å². The van der Waals surface area contributed by atoms with Crippen LogP contribution in [-0.2, 0) is 4.79 Å². The summed E-state index contributed by atoms with van der Waals surface area (Å²) in [6.07, 6.45) is 5.11. The fraction of sp³-hybridized carbons (Fsp3) is 0.625. The molecule has 0 radical (unpaired) electrons. The lowest BCUT2D eigenvalue weighted by molar-refractivity contribution is -0.120. The number of amides is 1. The van der Waals surface area contributed by atoms with Gasteiger partial charge in [-0.1, -0.05) is 12.8 Å². The molecule has 0 bridgehead atoms. The number of likely N-dealkylation sites (N-methyl/N-ethyl adjacent to an activating group) is 1. The van der Waals surface area contributed by atoms with Gasteiger partial charge in [-0.25, -0.2) is 0 Å². The average molecular weight is 154 g/mol. The lowest BCUT2D eigenvalue weighted by atomic mass is 10.4. The maximum atomic E-state index is 10.7. The summed E-state index contributed by atoms with van der Waals surface area (Å²) >= 11 is 0. The summed E-state index contributed by atoms with van der Waals surface area (Å²) in [5.74, 6) is 2.20. The van der Waals surface area contributed by atoms with Crippen molar-refractivity contribution in [2.75, 3.05) is 19.6 Å². The van der Waals surface area contributed by atoms with E-state index in [2.05, 4.69) is 16.6 Å². The largest absolute Gasteiger partial charge is 0.354 e. The van der Waals surface area contributed by atoms with Crippen molar-refractivity contribution in [3.05, 3.63) is 0 Å². The Morgan fingerprint density at radius 3 is 2.82 bits per heavy atom. The van der Waals surface area contributed by atoms with Gasteiger partial charge in [0, 0.05) is 13.1 Å². The standard InChI is InChI=1S/C8H14N2O/c1-3-5-8(11)10-7-6-9-4-2/h1,9H,4-7H2,2H3,(H,10,11). The first kappa shape index (κ1) is 9.99. The lowest BCUT2D eigenvalue weighted by Gasteiger charge is -2.02. The summed E-state index contributed by atoms with van der Waals surface area (Å²) in [6.45, 7) is 4.38. The topological polar surface area (TPSA) is 41.1 Å². The fourth-order valence-corrected chi connectivity index (χ4v) is 0.622. The molecule has 0 unspecified atom stereocenters. The fourth-order valence-electron chi connectivity index (χ4n) is 0.622. The summed E-state index contributed by atoms with van der Waals surface area (Å²) in [5, 5.41) is 5.75. The third kappa shape index (κ3) is 6.88. The van der Waals surface area contributed by atoms with Crippen LogP contribution in [0.15, 0.2) is 0 Å². The molecule has 0 fully saturated rings. The number of carbonyl (C=O) groups is 1. The molecule has 0 saturated carbocycles. The van der Waals surface area contributed by atoms with Crippen LogP contribution in [0.3, 0.4) is 0 Å². The van der Waals surface area contributed by atoms with Crippen molar-refractivity contribution in [2.45, 2.75) is 13.3 Å². The van der Waals surface area contributed by atoms with Crippen molar-refractivity contribution in [1.82, 2.24) is 10.6 Å². The zero-order valence-electron chi connectivity index (χ0n) is 6.81. The Balaban J connectivity index is 3.12. The van der Waals surface area contributed by atoms with Gasteiger partial charge in [-0.3, -0.25) is 4.79 Å². The minimum atomic E-state index is -0.0783. The van der Waals surface area contributed by atoms with Crippen molar-refractivity contribution >= 4 is 5.91 Å². The van der Waals surface area contributed by atoms with E-state index in [4.69, 9.17) is 6.42 Å². The summed E-state index contributed by atoms with van der Waals surface area (Å²) in [4.78, 5) is 10.7. The maximum Gasteiger partial charge on any atom is 0.232 e. The van der Waals surface area contributed by atoms with Gasteiger partial charge >= 0.3 is 0 Å². The second-order valence-electron chi connectivity index (χ2n) is 2.08. The Morgan fingerprint density at radius 2 is 2.27 bits per heavy atom. The Bertz CT molecular complexity index is 149. The Labute approximate surface area is 67.6 Å². The molecule has 1 amide bonds. The first-order valence-electron chi connectivity index (χ1n) is 3.72. The molecule has 0 aromatic carbocycles. The van der Waals surface area contributed by atoms with Gasteiger partial charge in [0.1, 0.15) is 0 Å². The number of carbonyl (C=O) groups excluding carboxylic acids is 1. The van der Waals surface area contributed by atoms with Gasteiger partial charge in [-0.05, 0) is 6.54 Å². The molecular weight excluding hydrogens is 140 g/mol. The summed E-state index contributed by atoms with van der Waals surface area (Å²) < 4.78 is 0. The Morgan fingerprint density at radius 1 is 1.55 bits per heavy atom. The molecule has 3 nitrogen and oxygen atoms in total. The number of hydrogen-bond donors (Lipinski definition) is 2. The highest BCUT2D eigenvalue weighted by Gasteiger charge is 1.94. The Kier molecular flexibility index (Phi) is 6.45. The van der Waals surface area contributed by atoms with E-state index in [1.165, 1.54) is 0 Å². The minimum absolute atomic E-state index is 0.0783. The second kappa shape index (κ2) is 7.10. The second-order valence-corrected chi connectivity index (χ2v) is 2.08. The molecule has 11 heavy (non-hydrogen) atoms. The number of terminal acetylenes is 1. The molecule has 0 aliphatic rings. The summed E-state index contributed by atoms with van der Waals surface area (Å²) in [7, 11) is 0. The molecule has 0 rings (SSSR count). The van der Waals surface area contributed by atoms with Crippen LogP contribution >= 0.6 is 0 Å². The molecule has 0 saturated heterocycles. The van der Waals surface area contributed by atoms with Gasteiger partial charge in [0.25, 0.3) is 0 Å². The van der Waals surface area contributed by atoms with Crippen molar-refractivity contribution < 1.29 is 4.79 Å². The smallest absolute Gasteiger partial charge is 0.232 e. The summed E-state index contributed by atoms with van der Waals surface area (Å²) in [5.41, 5.74) is 0. The van der Waals surface area contributed by atoms with E-state index in [-0.39, 0.29) is 12.3 Å². The predicted octanol–water partition coefficient (Wildman–Crippen LogP) is -0.265. The molecule has 0 spiro atoms. The van der Waals surface area contributed by atoms with Crippen molar-refractivity contribution in [2.24, 2.45) is 0 Å². The molecule has 62 valence electrons. The molecule has 0 aliphatic carbocycles. The van der Waals surface area contributed by atoms with Crippen molar-refractivity contribution in [3.63, 3.8) is 0 Å². The van der Waals surface area contributed by atoms with E-state index in [9.17, 15) is 4.79 Å². The highest BCUT2D eigenvalue weighted by atomic mass is 16.1. The van der Waals surface area contributed by atoms with Crippen LogP contribution in [0.5, 0.6) is 0 Å². The average Bonchev–Trinajstić information content (AvgIpc) is 1.99. The van der Waals surface area contributed by atoms with Gasteiger partial charge in [0.05, 0.1) is 6.42 Å². The Hall–Kier alpha value is -1.01. The van der Waals surface area contributed by atoms with Gasteiger partial charge in [-0.2, -0.15) is 0 Å². The highest BCUT2D eigenvalue weighted by Crippen LogP contribution is 1.72. The van der Waals surface area contributed by atoms with Crippen LogP contribution in [0.2, 0.25) is 0 Å². The zero-order valence-corrected chi connectivity index (χ0v) is 6.81. The predicted molar refractivity (Wildman–Crippen MR) is 45.0 cm³/mol. The zero-order chi connectivity index (χ0) is 8.53. The van der Waals surface area contributed by atoms with E-state index in [1.807, 2.05) is 6.92 Å². The third-order valence-electron chi connectivity index (χ3n) is 1.14. The number of rotatable bonds is 5. The van der Waals surface area contributed by atoms with E-state index in [1.54, 1.807) is 0 Å². The molecule has 0 aromatic heterocycles. The highest BCUT2D eigenvalue weighted by molar-refractivity contribution is 5.78. The first-order chi connectivity index (χ1) is 5.31. The quantitative estimate of drug-likeness (QED) is 0.423. The number of nitrogens with one attached hydrogen (secondary N) is 2. The van der Waals surface area contributed by atoms with E-state index in [0.717, 1.165) is 13.1 Å². The normalized spacial score (nSPS) is 8.73. The van der Waals surface area contributed by atoms with Gasteiger partial charge in [-0.15, -0.1) is 6.42 Å². The van der Waals surface area contributed by atoms with Crippen LogP contribution in [0.1, 0.15) is 13.3 Å². The molecule has 0 heterocycles. The molecule has 3 heteroatoms. The minimum Gasteiger partial charge on any atom is -0.354 e. The van der Waals surface area contributed by atoms with Gasteiger partial charge in [0.2, 0.25) is 5.91 Å². The SMILES string of the molecule is C#CCC(=O)NCCNCC. The third-order valence-corrected chi connectivity index (χ3v) is 1.14.